The van der Waals surface area contributed by atoms with E-state index in [1.54, 1.807) is 0 Å². The molecule has 1 heterocycles. The lowest BCUT2D eigenvalue weighted by molar-refractivity contribution is 0.0287. The van der Waals surface area contributed by atoms with E-state index >= 15 is 0 Å². The minimum atomic E-state index is 0.557. The summed E-state index contributed by atoms with van der Waals surface area (Å²) in [5.41, 5.74) is 0. The fourth-order valence-corrected chi connectivity index (χ4v) is 4.50. The minimum absolute atomic E-state index is 0.557. The Morgan fingerprint density at radius 1 is 0.900 bits per heavy atom. The van der Waals surface area contributed by atoms with Crippen LogP contribution >= 0.6 is 0 Å². The molecule has 0 aromatic heterocycles. The Hall–Kier alpha value is -0.120. The van der Waals surface area contributed by atoms with E-state index in [-0.39, 0.29) is 0 Å². The molecule has 0 amide bonds. The van der Waals surface area contributed by atoms with E-state index in [9.17, 15) is 0 Å². The van der Waals surface area contributed by atoms with Crippen LogP contribution in [0.1, 0.15) is 64.2 Å². The van der Waals surface area contributed by atoms with Gasteiger partial charge in [0.1, 0.15) is 0 Å². The monoisotopic (exact) mass is 280 g/mol. The van der Waals surface area contributed by atoms with Crippen LogP contribution in [-0.2, 0) is 4.74 Å². The van der Waals surface area contributed by atoms with Crippen LogP contribution in [0.15, 0.2) is 0 Å². The molecule has 3 nitrogen and oxygen atoms in total. The highest BCUT2D eigenvalue weighted by Gasteiger charge is 2.34. The summed E-state index contributed by atoms with van der Waals surface area (Å²) < 4.78 is 6.03. The highest BCUT2D eigenvalue weighted by Crippen LogP contribution is 2.31. The van der Waals surface area contributed by atoms with E-state index in [1.165, 1.54) is 70.8 Å². The molecule has 3 heteroatoms. The summed E-state index contributed by atoms with van der Waals surface area (Å²) >= 11 is 0. The van der Waals surface area contributed by atoms with Crippen LogP contribution in [-0.4, -0.2) is 37.9 Å². The maximum atomic E-state index is 6.03. The van der Waals surface area contributed by atoms with Gasteiger partial charge in [-0.2, -0.15) is 0 Å². The summed E-state index contributed by atoms with van der Waals surface area (Å²) in [6.45, 7) is 3.19. The lowest BCUT2D eigenvalue weighted by Gasteiger charge is -2.27. The molecule has 3 atom stereocenters. The molecule has 3 rings (SSSR count). The van der Waals surface area contributed by atoms with Crippen LogP contribution in [0.5, 0.6) is 0 Å². The second-order valence-electron chi connectivity index (χ2n) is 6.99. The molecule has 2 saturated carbocycles. The Balaban J connectivity index is 1.32. The average molecular weight is 280 g/mol. The van der Waals surface area contributed by atoms with Crippen molar-refractivity contribution in [3.63, 3.8) is 0 Å². The molecule has 0 aromatic rings. The fourth-order valence-electron chi connectivity index (χ4n) is 4.50. The standard InChI is InChI=1S/C17H32N2O/c1-2-6-14(7-3-1)20-13-12-19-16-9-4-8-15(16)17-10-5-11-18-17/h14-19H,1-13H2. The largest absolute Gasteiger partial charge is 0.377 e. The first-order valence-electron chi connectivity index (χ1n) is 9.02. The minimum Gasteiger partial charge on any atom is -0.377 e. The maximum Gasteiger partial charge on any atom is 0.0594 e. The van der Waals surface area contributed by atoms with Crippen molar-refractivity contribution in [2.75, 3.05) is 19.7 Å². The predicted octanol–water partition coefficient (Wildman–Crippen LogP) is 2.85. The van der Waals surface area contributed by atoms with Crippen LogP contribution < -0.4 is 10.6 Å². The number of rotatable bonds is 6. The first-order chi connectivity index (χ1) is 9.93. The zero-order valence-electron chi connectivity index (χ0n) is 12.9. The van der Waals surface area contributed by atoms with Gasteiger partial charge in [-0.1, -0.05) is 25.7 Å². The van der Waals surface area contributed by atoms with Crippen LogP contribution in [0.3, 0.4) is 0 Å². The van der Waals surface area contributed by atoms with Crippen molar-refractivity contribution < 1.29 is 4.74 Å². The van der Waals surface area contributed by atoms with Gasteiger partial charge in [0.25, 0.3) is 0 Å². The Bertz CT molecular complexity index is 272. The first-order valence-corrected chi connectivity index (χ1v) is 9.02. The van der Waals surface area contributed by atoms with Crippen LogP contribution in [0.2, 0.25) is 0 Å². The van der Waals surface area contributed by atoms with E-state index in [0.717, 1.165) is 31.2 Å². The van der Waals surface area contributed by atoms with Crippen LogP contribution in [0.25, 0.3) is 0 Å². The zero-order chi connectivity index (χ0) is 13.6. The van der Waals surface area contributed by atoms with Crippen molar-refractivity contribution >= 4 is 0 Å². The average Bonchev–Trinajstić information content (AvgIpc) is 3.15. The third-order valence-corrected chi connectivity index (χ3v) is 5.60. The summed E-state index contributed by atoms with van der Waals surface area (Å²) in [6, 6.07) is 1.52. The second kappa shape index (κ2) is 7.77. The normalized spacial score (nSPS) is 35.7. The molecule has 20 heavy (non-hydrogen) atoms. The molecule has 3 aliphatic rings. The third-order valence-electron chi connectivity index (χ3n) is 5.60. The molecule has 116 valence electrons. The van der Waals surface area contributed by atoms with E-state index in [2.05, 4.69) is 10.6 Å². The van der Waals surface area contributed by atoms with Crippen molar-refractivity contribution in [2.45, 2.75) is 82.4 Å². The van der Waals surface area contributed by atoms with Crippen molar-refractivity contribution in [1.29, 1.82) is 0 Å². The van der Waals surface area contributed by atoms with Gasteiger partial charge in [-0.15, -0.1) is 0 Å². The van der Waals surface area contributed by atoms with Gasteiger partial charge in [0.15, 0.2) is 0 Å². The van der Waals surface area contributed by atoms with E-state index in [4.69, 9.17) is 4.74 Å². The Morgan fingerprint density at radius 2 is 1.80 bits per heavy atom. The molecule has 0 bridgehead atoms. The molecule has 2 aliphatic carbocycles. The molecular formula is C17H32N2O. The predicted molar refractivity (Wildman–Crippen MR) is 83.0 cm³/mol. The van der Waals surface area contributed by atoms with Gasteiger partial charge < -0.3 is 15.4 Å². The van der Waals surface area contributed by atoms with Crippen LogP contribution in [0.4, 0.5) is 0 Å². The third kappa shape index (κ3) is 3.96. The summed E-state index contributed by atoms with van der Waals surface area (Å²) in [5.74, 6) is 0.868. The second-order valence-corrected chi connectivity index (χ2v) is 6.99. The highest BCUT2D eigenvalue weighted by molar-refractivity contribution is 4.93. The molecular weight excluding hydrogens is 248 g/mol. The van der Waals surface area contributed by atoms with Gasteiger partial charge in [-0.05, 0) is 51.0 Å². The van der Waals surface area contributed by atoms with Crippen molar-refractivity contribution in [3.8, 4) is 0 Å². The van der Waals surface area contributed by atoms with Crippen molar-refractivity contribution in [3.05, 3.63) is 0 Å². The van der Waals surface area contributed by atoms with E-state index in [1.807, 2.05) is 0 Å². The van der Waals surface area contributed by atoms with Crippen molar-refractivity contribution in [1.82, 2.24) is 10.6 Å². The molecule has 1 saturated heterocycles. The van der Waals surface area contributed by atoms with E-state index in [0.29, 0.717) is 6.10 Å². The topological polar surface area (TPSA) is 33.3 Å². The maximum absolute atomic E-state index is 6.03. The van der Waals surface area contributed by atoms with Gasteiger partial charge in [0.05, 0.1) is 12.7 Å². The van der Waals surface area contributed by atoms with Gasteiger partial charge in [-0.3, -0.25) is 0 Å². The fraction of sp³-hybridized carbons (Fsp3) is 1.00. The van der Waals surface area contributed by atoms with Crippen LogP contribution in [0, 0.1) is 5.92 Å². The smallest absolute Gasteiger partial charge is 0.0594 e. The number of ether oxygens (including phenoxy) is 1. The SMILES string of the molecule is C1CCC(OCCNC2CCCC2C2CCCN2)CC1. The first kappa shape index (κ1) is 14.8. The molecule has 3 fully saturated rings. The summed E-state index contributed by atoms with van der Waals surface area (Å²) in [4.78, 5) is 0. The molecule has 2 N–H and O–H groups in total. The highest BCUT2D eigenvalue weighted by atomic mass is 16.5. The van der Waals surface area contributed by atoms with Gasteiger partial charge in [-0.25, -0.2) is 0 Å². The Labute approximate surface area is 124 Å². The zero-order valence-corrected chi connectivity index (χ0v) is 12.9. The van der Waals surface area contributed by atoms with Gasteiger partial charge >= 0.3 is 0 Å². The molecule has 1 aliphatic heterocycles. The van der Waals surface area contributed by atoms with Crippen molar-refractivity contribution in [2.24, 2.45) is 5.92 Å². The number of hydrogen-bond acceptors (Lipinski definition) is 3. The quantitative estimate of drug-likeness (QED) is 0.734. The molecule has 0 aromatic carbocycles. The molecule has 3 unspecified atom stereocenters. The summed E-state index contributed by atoms with van der Waals surface area (Å²) in [6.07, 6.45) is 14.2. The Kier molecular flexibility index (Phi) is 5.75. The summed E-state index contributed by atoms with van der Waals surface area (Å²) in [7, 11) is 0. The number of hydrogen-bond donors (Lipinski definition) is 2. The number of nitrogens with one attached hydrogen (secondary N) is 2. The Morgan fingerprint density at radius 3 is 2.60 bits per heavy atom. The van der Waals surface area contributed by atoms with Gasteiger partial charge in [0, 0.05) is 18.6 Å². The summed E-state index contributed by atoms with van der Waals surface area (Å²) in [5, 5.41) is 7.48. The molecule has 0 spiro atoms. The van der Waals surface area contributed by atoms with E-state index < -0.39 is 0 Å². The molecule has 0 radical (unpaired) electrons. The van der Waals surface area contributed by atoms with Gasteiger partial charge in [0.2, 0.25) is 0 Å². The lowest BCUT2D eigenvalue weighted by atomic mass is 9.93. The lowest BCUT2D eigenvalue weighted by Crippen LogP contribution is -2.43.